The molecule has 16 heavy (non-hydrogen) atoms. The molecule has 0 aliphatic rings. The maximum atomic E-state index is 10.6. The van der Waals surface area contributed by atoms with E-state index in [2.05, 4.69) is 4.89 Å². The minimum absolute atomic E-state index is 0.158. The topological polar surface area (TPSA) is 55.8 Å². The van der Waals surface area contributed by atoms with Gasteiger partial charge in [0.15, 0.2) is 5.75 Å². The lowest BCUT2D eigenvalue weighted by molar-refractivity contribution is -0.210. The SMILES string of the molecule is CC(=O)OOc1cccc2c(O)cccc12. The van der Waals surface area contributed by atoms with Crippen molar-refractivity contribution in [3.63, 3.8) is 0 Å². The van der Waals surface area contributed by atoms with Gasteiger partial charge in [-0.05, 0) is 12.1 Å². The van der Waals surface area contributed by atoms with Gasteiger partial charge in [-0.3, -0.25) is 9.78 Å². The fourth-order valence-corrected chi connectivity index (χ4v) is 1.44. The Morgan fingerprint density at radius 1 is 1.12 bits per heavy atom. The normalized spacial score (nSPS) is 10.1. The molecule has 0 heterocycles. The van der Waals surface area contributed by atoms with Crippen LogP contribution in [0.4, 0.5) is 0 Å². The summed E-state index contributed by atoms with van der Waals surface area (Å²) < 4.78 is 0. The fraction of sp³-hybridized carbons (Fsp3) is 0.0833. The summed E-state index contributed by atoms with van der Waals surface area (Å²) in [5.41, 5.74) is 0. The van der Waals surface area contributed by atoms with Gasteiger partial charge in [-0.2, -0.15) is 0 Å². The molecular formula is C12H10O4. The predicted octanol–water partition coefficient (Wildman–Crippen LogP) is 2.40. The molecule has 0 aliphatic carbocycles. The number of phenolic OH excluding ortho intramolecular Hbond substituents is 1. The Morgan fingerprint density at radius 2 is 1.81 bits per heavy atom. The summed E-state index contributed by atoms with van der Waals surface area (Å²) in [7, 11) is 0. The Kier molecular flexibility index (Phi) is 2.64. The number of hydrogen-bond donors (Lipinski definition) is 1. The number of benzene rings is 2. The summed E-state index contributed by atoms with van der Waals surface area (Å²) in [6.07, 6.45) is 0. The molecule has 0 aliphatic heterocycles. The Balaban J connectivity index is 2.45. The minimum atomic E-state index is -0.530. The van der Waals surface area contributed by atoms with Crippen molar-refractivity contribution in [2.45, 2.75) is 6.92 Å². The van der Waals surface area contributed by atoms with Gasteiger partial charge in [-0.15, -0.1) is 0 Å². The molecule has 0 spiro atoms. The third-order valence-corrected chi connectivity index (χ3v) is 2.11. The number of hydrogen-bond acceptors (Lipinski definition) is 4. The third kappa shape index (κ3) is 1.91. The van der Waals surface area contributed by atoms with E-state index in [4.69, 9.17) is 4.89 Å². The highest BCUT2D eigenvalue weighted by Gasteiger charge is 2.06. The van der Waals surface area contributed by atoms with Crippen LogP contribution in [-0.2, 0) is 9.68 Å². The van der Waals surface area contributed by atoms with Crippen LogP contribution in [0.3, 0.4) is 0 Å². The third-order valence-electron chi connectivity index (χ3n) is 2.11. The molecule has 1 N–H and O–H groups in total. The Hall–Kier alpha value is -2.23. The highest BCUT2D eigenvalue weighted by atomic mass is 17.2. The lowest BCUT2D eigenvalue weighted by atomic mass is 10.1. The Labute approximate surface area is 92.0 Å². The van der Waals surface area contributed by atoms with Crippen molar-refractivity contribution in [1.82, 2.24) is 0 Å². The first-order valence-corrected chi connectivity index (χ1v) is 4.74. The summed E-state index contributed by atoms with van der Waals surface area (Å²) in [6.45, 7) is 1.25. The second kappa shape index (κ2) is 4.10. The van der Waals surface area contributed by atoms with Crippen LogP contribution in [0, 0.1) is 0 Å². The molecule has 4 heteroatoms. The molecule has 0 saturated heterocycles. The van der Waals surface area contributed by atoms with Gasteiger partial charge in [0.25, 0.3) is 0 Å². The smallest absolute Gasteiger partial charge is 0.352 e. The van der Waals surface area contributed by atoms with Gasteiger partial charge >= 0.3 is 5.97 Å². The number of carbonyl (C=O) groups is 1. The average molecular weight is 218 g/mol. The average Bonchev–Trinajstić information content (AvgIpc) is 2.27. The molecule has 2 aromatic rings. The number of fused-ring (bicyclic) bond motifs is 1. The van der Waals surface area contributed by atoms with E-state index >= 15 is 0 Å². The minimum Gasteiger partial charge on any atom is -0.507 e. The van der Waals surface area contributed by atoms with Crippen molar-refractivity contribution in [2.24, 2.45) is 0 Å². The Bertz CT molecular complexity index is 534. The summed E-state index contributed by atoms with van der Waals surface area (Å²) in [4.78, 5) is 20.0. The molecule has 2 rings (SSSR count). The van der Waals surface area contributed by atoms with Gasteiger partial charge in [-0.25, -0.2) is 4.79 Å². The molecule has 2 aromatic carbocycles. The summed E-state index contributed by atoms with van der Waals surface area (Å²) in [5, 5.41) is 10.9. The zero-order chi connectivity index (χ0) is 11.5. The second-order valence-corrected chi connectivity index (χ2v) is 3.29. The largest absolute Gasteiger partial charge is 0.507 e. The maximum absolute atomic E-state index is 10.6. The van der Waals surface area contributed by atoms with Crippen LogP contribution >= 0.6 is 0 Å². The summed E-state index contributed by atoms with van der Waals surface area (Å²) >= 11 is 0. The molecule has 0 amide bonds. The molecule has 0 radical (unpaired) electrons. The lowest BCUT2D eigenvalue weighted by Crippen LogP contribution is -2.02. The van der Waals surface area contributed by atoms with Crippen molar-refractivity contribution >= 4 is 16.7 Å². The summed E-state index contributed by atoms with van der Waals surface area (Å²) in [6, 6.07) is 10.2. The number of aromatic hydroxyl groups is 1. The molecule has 0 fully saturated rings. The first-order valence-electron chi connectivity index (χ1n) is 4.74. The maximum Gasteiger partial charge on any atom is 0.352 e. The van der Waals surface area contributed by atoms with Crippen LogP contribution in [-0.4, -0.2) is 11.1 Å². The number of carbonyl (C=O) groups excluding carboxylic acids is 1. The highest BCUT2D eigenvalue weighted by Crippen LogP contribution is 2.31. The first-order chi connectivity index (χ1) is 7.68. The van der Waals surface area contributed by atoms with Crippen molar-refractivity contribution in [3.8, 4) is 11.5 Å². The van der Waals surface area contributed by atoms with E-state index in [-0.39, 0.29) is 5.75 Å². The lowest BCUT2D eigenvalue weighted by Gasteiger charge is -2.06. The standard InChI is InChI=1S/C12H10O4/c1-8(13)15-16-12-7-3-4-9-10(12)5-2-6-11(9)14/h2-7,14H,1H3. The van der Waals surface area contributed by atoms with Crippen molar-refractivity contribution in [3.05, 3.63) is 36.4 Å². The van der Waals surface area contributed by atoms with Crippen LogP contribution in [0.15, 0.2) is 36.4 Å². The molecule has 0 unspecified atom stereocenters. The van der Waals surface area contributed by atoms with Gasteiger partial charge in [-0.1, -0.05) is 24.3 Å². The zero-order valence-corrected chi connectivity index (χ0v) is 8.64. The van der Waals surface area contributed by atoms with Crippen LogP contribution in [0.2, 0.25) is 0 Å². The number of phenols is 1. The van der Waals surface area contributed by atoms with E-state index < -0.39 is 5.97 Å². The fourth-order valence-electron chi connectivity index (χ4n) is 1.44. The molecule has 0 saturated carbocycles. The molecule has 0 atom stereocenters. The van der Waals surface area contributed by atoms with Crippen LogP contribution in [0.25, 0.3) is 10.8 Å². The first kappa shape index (κ1) is 10.3. The van der Waals surface area contributed by atoms with Gasteiger partial charge in [0, 0.05) is 17.7 Å². The van der Waals surface area contributed by atoms with Gasteiger partial charge in [0.1, 0.15) is 5.75 Å². The predicted molar refractivity (Wildman–Crippen MR) is 58.0 cm³/mol. The highest BCUT2D eigenvalue weighted by molar-refractivity contribution is 5.92. The van der Waals surface area contributed by atoms with E-state index in [0.717, 1.165) is 0 Å². The molecule has 0 bridgehead atoms. The quantitative estimate of drug-likeness (QED) is 0.621. The van der Waals surface area contributed by atoms with Gasteiger partial charge in [0.2, 0.25) is 0 Å². The second-order valence-electron chi connectivity index (χ2n) is 3.29. The zero-order valence-electron chi connectivity index (χ0n) is 8.64. The van der Waals surface area contributed by atoms with Crippen LogP contribution in [0.1, 0.15) is 6.92 Å². The Morgan fingerprint density at radius 3 is 2.56 bits per heavy atom. The molecule has 82 valence electrons. The van der Waals surface area contributed by atoms with E-state index in [1.54, 1.807) is 36.4 Å². The molecular weight excluding hydrogens is 208 g/mol. The van der Waals surface area contributed by atoms with Crippen LogP contribution < -0.4 is 4.89 Å². The van der Waals surface area contributed by atoms with E-state index in [9.17, 15) is 9.90 Å². The van der Waals surface area contributed by atoms with E-state index in [0.29, 0.717) is 16.5 Å². The number of rotatable bonds is 2. The summed E-state index contributed by atoms with van der Waals surface area (Å²) in [5.74, 6) is 0.0199. The monoisotopic (exact) mass is 218 g/mol. The van der Waals surface area contributed by atoms with E-state index in [1.807, 2.05) is 0 Å². The van der Waals surface area contributed by atoms with Crippen LogP contribution in [0.5, 0.6) is 11.5 Å². The van der Waals surface area contributed by atoms with Gasteiger partial charge < -0.3 is 5.11 Å². The van der Waals surface area contributed by atoms with Crippen molar-refractivity contribution < 1.29 is 19.7 Å². The van der Waals surface area contributed by atoms with Crippen molar-refractivity contribution in [2.75, 3.05) is 0 Å². The van der Waals surface area contributed by atoms with E-state index in [1.165, 1.54) is 6.92 Å². The molecule has 4 nitrogen and oxygen atoms in total. The van der Waals surface area contributed by atoms with Crippen molar-refractivity contribution in [1.29, 1.82) is 0 Å². The van der Waals surface area contributed by atoms with Gasteiger partial charge in [0.05, 0.1) is 0 Å². The molecule has 0 aromatic heterocycles.